The lowest BCUT2D eigenvalue weighted by Gasteiger charge is -2.20. The highest BCUT2D eigenvalue weighted by Crippen LogP contribution is 2.16. The topological polar surface area (TPSA) is 38.7 Å². The molecule has 1 aliphatic rings. The Morgan fingerprint density at radius 1 is 1.22 bits per heavy atom. The maximum absolute atomic E-state index is 9.88. The van der Waals surface area contributed by atoms with Crippen LogP contribution in [-0.4, -0.2) is 30.5 Å². The van der Waals surface area contributed by atoms with E-state index in [1.165, 1.54) is 5.56 Å². The molecule has 0 bridgehead atoms. The summed E-state index contributed by atoms with van der Waals surface area (Å²) in [7, 11) is 0. The molecule has 1 heterocycles. The van der Waals surface area contributed by atoms with Crippen molar-refractivity contribution < 1.29 is 14.6 Å². The summed E-state index contributed by atoms with van der Waals surface area (Å²) >= 11 is 0. The number of aliphatic hydroxyl groups is 1. The quantitative estimate of drug-likeness (QED) is 0.816. The van der Waals surface area contributed by atoms with E-state index in [2.05, 4.69) is 12.1 Å². The van der Waals surface area contributed by atoms with Gasteiger partial charge in [-0.3, -0.25) is 0 Å². The molecule has 2 atom stereocenters. The molecule has 1 aromatic rings. The second-order valence-electron chi connectivity index (χ2n) is 4.80. The molecule has 2 rings (SSSR count). The summed E-state index contributed by atoms with van der Waals surface area (Å²) in [4.78, 5) is 0. The van der Waals surface area contributed by atoms with Crippen LogP contribution in [0.2, 0.25) is 0 Å². The average molecular weight is 250 g/mol. The van der Waals surface area contributed by atoms with E-state index in [1.54, 1.807) is 0 Å². The van der Waals surface area contributed by atoms with Gasteiger partial charge in [-0.25, -0.2) is 0 Å². The first-order chi connectivity index (χ1) is 8.86. The van der Waals surface area contributed by atoms with E-state index in [9.17, 15) is 5.11 Å². The minimum Gasteiger partial charge on any atom is -0.390 e. The Kier molecular flexibility index (Phi) is 5.65. The molecule has 3 nitrogen and oxygen atoms in total. The third-order valence-electron chi connectivity index (χ3n) is 3.31. The number of benzene rings is 1. The summed E-state index contributed by atoms with van der Waals surface area (Å²) in [5.74, 6) is 0. The summed E-state index contributed by atoms with van der Waals surface area (Å²) in [6, 6.07) is 10.1. The predicted octanol–water partition coefficient (Wildman–Crippen LogP) is 2.52. The van der Waals surface area contributed by atoms with Crippen molar-refractivity contribution in [3.8, 4) is 0 Å². The predicted molar refractivity (Wildman–Crippen MR) is 70.3 cm³/mol. The number of rotatable bonds is 5. The van der Waals surface area contributed by atoms with Gasteiger partial charge in [0.1, 0.15) is 0 Å². The molecule has 1 fully saturated rings. The molecular formula is C15H22O3. The molecule has 0 radical (unpaired) electrons. The SMILES string of the molecule is O[C@H]1CCCCO[C@@H]1CCOCc1ccccc1. The Morgan fingerprint density at radius 2 is 2.06 bits per heavy atom. The number of ether oxygens (including phenoxy) is 2. The van der Waals surface area contributed by atoms with Crippen molar-refractivity contribution >= 4 is 0 Å². The summed E-state index contributed by atoms with van der Waals surface area (Å²) < 4.78 is 11.3. The van der Waals surface area contributed by atoms with Gasteiger partial charge >= 0.3 is 0 Å². The first-order valence-electron chi connectivity index (χ1n) is 6.77. The third kappa shape index (κ3) is 4.41. The fourth-order valence-corrected chi connectivity index (χ4v) is 2.23. The molecule has 0 aliphatic carbocycles. The molecule has 100 valence electrons. The van der Waals surface area contributed by atoms with Crippen LogP contribution in [0.1, 0.15) is 31.2 Å². The van der Waals surface area contributed by atoms with Gasteiger partial charge in [-0.1, -0.05) is 30.3 Å². The second-order valence-corrected chi connectivity index (χ2v) is 4.80. The van der Waals surface area contributed by atoms with Crippen LogP contribution in [0.4, 0.5) is 0 Å². The van der Waals surface area contributed by atoms with E-state index < -0.39 is 0 Å². The van der Waals surface area contributed by atoms with Crippen molar-refractivity contribution in [1.82, 2.24) is 0 Å². The Balaban J connectivity index is 1.65. The molecule has 0 saturated carbocycles. The molecule has 0 unspecified atom stereocenters. The van der Waals surface area contributed by atoms with E-state index in [0.717, 1.165) is 32.3 Å². The molecule has 0 aromatic heterocycles. The summed E-state index contributed by atoms with van der Waals surface area (Å²) in [5.41, 5.74) is 1.18. The normalized spacial score (nSPS) is 24.7. The highest BCUT2D eigenvalue weighted by molar-refractivity contribution is 5.13. The molecule has 1 N–H and O–H groups in total. The fourth-order valence-electron chi connectivity index (χ4n) is 2.23. The van der Waals surface area contributed by atoms with Gasteiger partial charge in [0, 0.05) is 13.2 Å². The van der Waals surface area contributed by atoms with Gasteiger partial charge in [-0.15, -0.1) is 0 Å². The maximum Gasteiger partial charge on any atom is 0.0855 e. The van der Waals surface area contributed by atoms with E-state index >= 15 is 0 Å². The Morgan fingerprint density at radius 3 is 2.89 bits per heavy atom. The molecule has 1 aromatic carbocycles. The van der Waals surface area contributed by atoms with Crippen LogP contribution in [0.5, 0.6) is 0 Å². The molecule has 1 aliphatic heterocycles. The summed E-state index contributed by atoms with van der Waals surface area (Å²) in [6.07, 6.45) is 3.36. The monoisotopic (exact) mass is 250 g/mol. The minimum absolute atomic E-state index is 0.0525. The van der Waals surface area contributed by atoms with Gasteiger partial charge in [-0.05, 0) is 31.2 Å². The average Bonchev–Trinajstić information content (AvgIpc) is 2.61. The first kappa shape index (κ1) is 13.5. The van der Waals surface area contributed by atoms with Gasteiger partial charge in [0.25, 0.3) is 0 Å². The third-order valence-corrected chi connectivity index (χ3v) is 3.31. The van der Waals surface area contributed by atoms with E-state index in [4.69, 9.17) is 9.47 Å². The summed E-state index contributed by atoms with van der Waals surface area (Å²) in [5, 5.41) is 9.88. The molecule has 1 saturated heterocycles. The zero-order chi connectivity index (χ0) is 12.6. The van der Waals surface area contributed by atoms with Gasteiger partial charge in [0.05, 0.1) is 18.8 Å². The van der Waals surface area contributed by atoms with Crippen LogP contribution in [0.15, 0.2) is 30.3 Å². The smallest absolute Gasteiger partial charge is 0.0855 e. The Hall–Kier alpha value is -0.900. The van der Waals surface area contributed by atoms with Crippen molar-refractivity contribution in [2.75, 3.05) is 13.2 Å². The van der Waals surface area contributed by atoms with E-state index in [0.29, 0.717) is 13.2 Å². The Bertz CT molecular complexity index is 326. The van der Waals surface area contributed by atoms with Crippen molar-refractivity contribution in [2.24, 2.45) is 0 Å². The van der Waals surface area contributed by atoms with Crippen molar-refractivity contribution in [3.63, 3.8) is 0 Å². The number of hydrogen-bond donors (Lipinski definition) is 1. The molecule has 0 spiro atoms. The largest absolute Gasteiger partial charge is 0.390 e. The molecule has 3 heteroatoms. The van der Waals surface area contributed by atoms with Crippen LogP contribution in [0.25, 0.3) is 0 Å². The van der Waals surface area contributed by atoms with Crippen LogP contribution in [-0.2, 0) is 16.1 Å². The van der Waals surface area contributed by atoms with Crippen molar-refractivity contribution in [1.29, 1.82) is 0 Å². The Labute approximate surface area is 109 Å². The van der Waals surface area contributed by atoms with Crippen LogP contribution in [0, 0.1) is 0 Å². The highest BCUT2D eigenvalue weighted by Gasteiger charge is 2.21. The lowest BCUT2D eigenvalue weighted by Crippen LogP contribution is -2.28. The molecule has 0 amide bonds. The van der Waals surface area contributed by atoms with E-state index in [1.807, 2.05) is 18.2 Å². The fraction of sp³-hybridized carbons (Fsp3) is 0.600. The lowest BCUT2D eigenvalue weighted by molar-refractivity contribution is -0.0439. The second kappa shape index (κ2) is 7.52. The standard InChI is InChI=1S/C15H22O3/c16-14-8-4-5-10-18-15(14)9-11-17-12-13-6-2-1-3-7-13/h1-3,6-7,14-16H,4-5,8-12H2/t14-,15+/m0/s1. The number of hydrogen-bond acceptors (Lipinski definition) is 3. The molecule has 18 heavy (non-hydrogen) atoms. The molecular weight excluding hydrogens is 228 g/mol. The number of aliphatic hydroxyl groups excluding tert-OH is 1. The van der Waals surface area contributed by atoms with Crippen LogP contribution < -0.4 is 0 Å². The minimum atomic E-state index is -0.326. The van der Waals surface area contributed by atoms with Gasteiger partial charge in [0.2, 0.25) is 0 Å². The lowest BCUT2D eigenvalue weighted by atomic mass is 10.1. The van der Waals surface area contributed by atoms with Gasteiger partial charge in [0.15, 0.2) is 0 Å². The van der Waals surface area contributed by atoms with Crippen molar-refractivity contribution in [3.05, 3.63) is 35.9 Å². The highest BCUT2D eigenvalue weighted by atomic mass is 16.5. The maximum atomic E-state index is 9.88. The van der Waals surface area contributed by atoms with Crippen LogP contribution in [0.3, 0.4) is 0 Å². The van der Waals surface area contributed by atoms with E-state index in [-0.39, 0.29) is 12.2 Å². The van der Waals surface area contributed by atoms with Crippen molar-refractivity contribution in [2.45, 2.75) is 44.5 Å². The van der Waals surface area contributed by atoms with Gasteiger partial charge < -0.3 is 14.6 Å². The zero-order valence-electron chi connectivity index (χ0n) is 10.8. The first-order valence-corrected chi connectivity index (χ1v) is 6.77. The summed E-state index contributed by atoms with van der Waals surface area (Å²) in [6.45, 7) is 2.03. The zero-order valence-corrected chi connectivity index (χ0v) is 10.8. The van der Waals surface area contributed by atoms with Gasteiger partial charge in [-0.2, -0.15) is 0 Å². The van der Waals surface area contributed by atoms with Crippen LogP contribution >= 0.6 is 0 Å².